The first kappa shape index (κ1) is 10.8. The highest BCUT2D eigenvalue weighted by atomic mass is 35.5. The number of carbonyl (C=O) groups excluding carboxylic acids is 1. The molecule has 0 aromatic heterocycles. The van der Waals surface area contributed by atoms with Gasteiger partial charge in [-0.15, -0.1) is 11.6 Å². The van der Waals surface area contributed by atoms with Gasteiger partial charge in [-0.05, 0) is 19.3 Å². The summed E-state index contributed by atoms with van der Waals surface area (Å²) in [7, 11) is 0. The van der Waals surface area contributed by atoms with Crippen LogP contribution in [0.5, 0.6) is 0 Å². The molecule has 0 aliphatic carbocycles. The lowest BCUT2D eigenvalue weighted by Crippen LogP contribution is -2.30. The zero-order valence-corrected chi connectivity index (χ0v) is 8.11. The largest absolute Gasteiger partial charge is 0.355 e. The molecule has 0 fully saturated rings. The Hall–Kier alpha value is -0.240. The van der Waals surface area contributed by atoms with E-state index < -0.39 is 5.38 Å². The molecule has 1 amide bonds. The van der Waals surface area contributed by atoms with Crippen molar-refractivity contribution in [3.05, 3.63) is 0 Å². The SMILES string of the molecule is CC(C)CCNC(=O)C(C)Cl. The molecule has 0 aliphatic heterocycles. The van der Waals surface area contributed by atoms with Crippen LogP contribution in [0.1, 0.15) is 27.2 Å². The van der Waals surface area contributed by atoms with E-state index in [1.807, 2.05) is 0 Å². The van der Waals surface area contributed by atoms with E-state index in [-0.39, 0.29) is 5.91 Å². The molecule has 2 nitrogen and oxygen atoms in total. The van der Waals surface area contributed by atoms with Crippen molar-refractivity contribution >= 4 is 17.5 Å². The first-order chi connectivity index (χ1) is 5.04. The lowest BCUT2D eigenvalue weighted by Gasteiger charge is -2.07. The fraction of sp³-hybridized carbons (Fsp3) is 0.875. The van der Waals surface area contributed by atoms with Gasteiger partial charge in [-0.25, -0.2) is 0 Å². The van der Waals surface area contributed by atoms with Crippen LogP contribution in [-0.2, 0) is 4.79 Å². The third-order valence-corrected chi connectivity index (χ3v) is 1.58. The number of nitrogens with one attached hydrogen (secondary N) is 1. The molecule has 0 aromatic carbocycles. The molecular weight excluding hydrogens is 162 g/mol. The van der Waals surface area contributed by atoms with Crippen molar-refractivity contribution < 1.29 is 4.79 Å². The maximum absolute atomic E-state index is 10.9. The summed E-state index contributed by atoms with van der Waals surface area (Å²) in [5.41, 5.74) is 0. The number of amides is 1. The van der Waals surface area contributed by atoms with Gasteiger partial charge < -0.3 is 5.32 Å². The Morgan fingerprint density at radius 3 is 2.36 bits per heavy atom. The quantitative estimate of drug-likeness (QED) is 0.652. The van der Waals surface area contributed by atoms with E-state index in [4.69, 9.17) is 11.6 Å². The van der Waals surface area contributed by atoms with E-state index in [0.29, 0.717) is 5.92 Å². The number of hydrogen-bond acceptors (Lipinski definition) is 1. The number of alkyl halides is 1. The molecule has 0 heterocycles. The van der Waals surface area contributed by atoms with Crippen LogP contribution in [0.2, 0.25) is 0 Å². The van der Waals surface area contributed by atoms with Gasteiger partial charge in [-0.2, -0.15) is 0 Å². The summed E-state index contributed by atoms with van der Waals surface area (Å²) in [5.74, 6) is 0.549. The maximum atomic E-state index is 10.9. The van der Waals surface area contributed by atoms with Crippen molar-refractivity contribution in [1.29, 1.82) is 0 Å². The zero-order valence-electron chi connectivity index (χ0n) is 7.36. The van der Waals surface area contributed by atoms with Crippen molar-refractivity contribution in [2.45, 2.75) is 32.6 Å². The molecular formula is C8H16ClNO. The molecule has 0 aromatic rings. The Morgan fingerprint density at radius 2 is 2.00 bits per heavy atom. The van der Waals surface area contributed by atoms with Crippen LogP contribution in [-0.4, -0.2) is 17.8 Å². The third-order valence-electron chi connectivity index (χ3n) is 1.38. The Bertz CT molecular complexity index is 123. The molecule has 3 heteroatoms. The van der Waals surface area contributed by atoms with Crippen molar-refractivity contribution in [3.63, 3.8) is 0 Å². The highest BCUT2D eigenvalue weighted by Gasteiger charge is 2.07. The molecule has 11 heavy (non-hydrogen) atoms. The smallest absolute Gasteiger partial charge is 0.237 e. The number of rotatable bonds is 4. The normalized spacial score (nSPS) is 13.2. The Labute approximate surface area is 73.3 Å². The van der Waals surface area contributed by atoms with Gasteiger partial charge in [0.1, 0.15) is 5.38 Å². The van der Waals surface area contributed by atoms with Gasteiger partial charge in [0, 0.05) is 6.54 Å². The van der Waals surface area contributed by atoms with Crippen LogP contribution in [0, 0.1) is 5.92 Å². The fourth-order valence-corrected chi connectivity index (χ4v) is 0.702. The Kier molecular flexibility index (Phi) is 5.30. The fourth-order valence-electron chi connectivity index (χ4n) is 0.625. The second-order valence-electron chi connectivity index (χ2n) is 3.09. The van der Waals surface area contributed by atoms with Gasteiger partial charge in [0.05, 0.1) is 0 Å². The van der Waals surface area contributed by atoms with E-state index in [9.17, 15) is 4.79 Å². The molecule has 0 bridgehead atoms. The van der Waals surface area contributed by atoms with E-state index >= 15 is 0 Å². The topological polar surface area (TPSA) is 29.1 Å². The third kappa shape index (κ3) is 6.17. The highest BCUT2D eigenvalue weighted by molar-refractivity contribution is 6.30. The van der Waals surface area contributed by atoms with Gasteiger partial charge in [-0.3, -0.25) is 4.79 Å². The van der Waals surface area contributed by atoms with Crippen LogP contribution in [0.4, 0.5) is 0 Å². The second-order valence-corrected chi connectivity index (χ2v) is 3.74. The summed E-state index contributed by atoms with van der Waals surface area (Å²) in [4.78, 5) is 10.9. The average molecular weight is 178 g/mol. The minimum atomic E-state index is -0.415. The Morgan fingerprint density at radius 1 is 1.45 bits per heavy atom. The number of halogens is 1. The minimum Gasteiger partial charge on any atom is -0.355 e. The molecule has 0 radical (unpaired) electrons. The van der Waals surface area contributed by atoms with Crippen molar-refractivity contribution in [2.24, 2.45) is 5.92 Å². The van der Waals surface area contributed by atoms with Crippen molar-refractivity contribution in [2.75, 3.05) is 6.54 Å². The van der Waals surface area contributed by atoms with Crippen LogP contribution < -0.4 is 5.32 Å². The Balaban J connectivity index is 3.32. The molecule has 1 N–H and O–H groups in total. The van der Waals surface area contributed by atoms with Crippen LogP contribution in [0.3, 0.4) is 0 Å². The van der Waals surface area contributed by atoms with Crippen LogP contribution in [0.15, 0.2) is 0 Å². The zero-order chi connectivity index (χ0) is 8.85. The minimum absolute atomic E-state index is 0.0766. The predicted molar refractivity (Wildman–Crippen MR) is 47.8 cm³/mol. The number of carbonyl (C=O) groups is 1. The van der Waals surface area contributed by atoms with Gasteiger partial charge >= 0.3 is 0 Å². The average Bonchev–Trinajstić information content (AvgIpc) is 1.86. The molecule has 1 unspecified atom stereocenters. The van der Waals surface area contributed by atoms with Crippen LogP contribution >= 0.6 is 11.6 Å². The summed E-state index contributed by atoms with van der Waals surface area (Å²) in [5, 5.41) is 2.33. The monoisotopic (exact) mass is 177 g/mol. The van der Waals surface area contributed by atoms with E-state index in [0.717, 1.165) is 13.0 Å². The molecule has 1 atom stereocenters. The summed E-state index contributed by atoms with van der Waals surface area (Å²) in [6.07, 6.45) is 1.01. The first-order valence-corrected chi connectivity index (χ1v) is 4.39. The molecule has 0 saturated heterocycles. The van der Waals surface area contributed by atoms with Gasteiger partial charge in [0.25, 0.3) is 0 Å². The summed E-state index contributed by atoms with van der Waals surface area (Å²) in [6, 6.07) is 0. The summed E-state index contributed by atoms with van der Waals surface area (Å²) < 4.78 is 0. The maximum Gasteiger partial charge on any atom is 0.237 e. The standard InChI is InChI=1S/C8H16ClNO/c1-6(2)4-5-10-8(11)7(3)9/h6-7H,4-5H2,1-3H3,(H,10,11). The molecule has 0 rings (SSSR count). The lowest BCUT2D eigenvalue weighted by molar-refractivity contribution is -0.120. The molecule has 0 aliphatic rings. The van der Waals surface area contributed by atoms with Crippen molar-refractivity contribution in [1.82, 2.24) is 5.32 Å². The van der Waals surface area contributed by atoms with Gasteiger partial charge in [0.15, 0.2) is 0 Å². The van der Waals surface area contributed by atoms with Gasteiger partial charge in [-0.1, -0.05) is 13.8 Å². The molecule has 0 spiro atoms. The van der Waals surface area contributed by atoms with E-state index in [1.165, 1.54) is 0 Å². The van der Waals surface area contributed by atoms with Gasteiger partial charge in [0.2, 0.25) is 5.91 Å². The predicted octanol–water partition coefficient (Wildman–Crippen LogP) is 1.78. The van der Waals surface area contributed by atoms with E-state index in [2.05, 4.69) is 19.2 Å². The second kappa shape index (κ2) is 5.42. The van der Waals surface area contributed by atoms with Crippen LogP contribution in [0.25, 0.3) is 0 Å². The molecule has 66 valence electrons. The summed E-state index contributed by atoms with van der Waals surface area (Å²) in [6.45, 7) is 6.65. The summed E-state index contributed by atoms with van der Waals surface area (Å²) >= 11 is 5.53. The number of hydrogen-bond donors (Lipinski definition) is 1. The first-order valence-electron chi connectivity index (χ1n) is 3.95. The molecule has 0 saturated carbocycles. The van der Waals surface area contributed by atoms with E-state index in [1.54, 1.807) is 6.92 Å². The lowest BCUT2D eigenvalue weighted by atomic mass is 10.1. The highest BCUT2D eigenvalue weighted by Crippen LogP contribution is 1.97. The van der Waals surface area contributed by atoms with Crippen molar-refractivity contribution in [3.8, 4) is 0 Å².